The summed E-state index contributed by atoms with van der Waals surface area (Å²) in [5.74, 6) is 0. The normalized spacial score (nSPS) is 10.7. The maximum absolute atomic E-state index is 5.40. The van der Waals surface area contributed by atoms with Crippen molar-refractivity contribution in [1.82, 2.24) is 15.3 Å². The Morgan fingerprint density at radius 1 is 1.29 bits per heavy atom. The molecule has 90 valence electrons. The molecule has 4 heteroatoms. The molecule has 0 fully saturated rings. The minimum absolute atomic E-state index is 0.567. The summed E-state index contributed by atoms with van der Waals surface area (Å²) < 4.78 is 1.86. The SMILES string of the molecule is Cc1cc(CNOCc2ccccc2)n(C)n1. The third-order valence-corrected chi connectivity index (χ3v) is 2.54. The lowest BCUT2D eigenvalue weighted by Crippen LogP contribution is -2.16. The highest BCUT2D eigenvalue weighted by molar-refractivity contribution is 5.13. The van der Waals surface area contributed by atoms with E-state index in [1.54, 1.807) is 0 Å². The molecule has 4 nitrogen and oxygen atoms in total. The maximum Gasteiger partial charge on any atom is 0.0933 e. The standard InChI is InChI=1S/C13H17N3O/c1-11-8-13(16(2)15-11)9-14-17-10-12-6-4-3-5-7-12/h3-8,14H,9-10H2,1-2H3. The van der Waals surface area contributed by atoms with Crippen LogP contribution in [0.2, 0.25) is 0 Å². The number of hydrogen-bond acceptors (Lipinski definition) is 3. The molecule has 0 atom stereocenters. The molecular formula is C13H17N3O. The van der Waals surface area contributed by atoms with E-state index in [0.29, 0.717) is 13.2 Å². The first-order valence-electron chi connectivity index (χ1n) is 5.64. The van der Waals surface area contributed by atoms with Gasteiger partial charge in [0.05, 0.1) is 24.5 Å². The molecule has 2 aromatic rings. The molecule has 0 amide bonds. The highest BCUT2D eigenvalue weighted by Crippen LogP contribution is 2.02. The van der Waals surface area contributed by atoms with Gasteiger partial charge in [-0.1, -0.05) is 30.3 Å². The Balaban J connectivity index is 1.75. The van der Waals surface area contributed by atoms with E-state index in [4.69, 9.17) is 4.84 Å². The minimum Gasteiger partial charge on any atom is -0.297 e. The molecule has 1 heterocycles. The fourth-order valence-corrected chi connectivity index (χ4v) is 1.66. The van der Waals surface area contributed by atoms with Crippen LogP contribution in [0.5, 0.6) is 0 Å². The van der Waals surface area contributed by atoms with Gasteiger partial charge >= 0.3 is 0 Å². The Hall–Kier alpha value is -1.65. The molecule has 0 saturated heterocycles. The van der Waals surface area contributed by atoms with Gasteiger partial charge in [-0.3, -0.25) is 9.52 Å². The lowest BCUT2D eigenvalue weighted by Gasteiger charge is -2.06. The Morgan fingerprint density at radius 2 is 2.06 bits per heavy atom. The number of nitrogens with one attached hydrogen (secondary N) is 1. The van der Waals surface area contributed by atoms with Gasteiger partial charge in [-0.15, -0.1) is 0 Å². The topological polar surface area (TPSA) is 39.1 Å². The molecule has 0 unspecified atom stereocenters. The van der Waals surface area contributed by atoms with Crippen LogP contribution in [0.15, 0.2) is 36.4 Å². The molecule has 0 spiro atoms. The summed E-state index contributed by atoms with van der Waals surface area (Å²) >= 11 is 0. The smallest absolute Gasteiger partial charge is 0.0933 e. The van der Waals surface area contributed by atoms with Crippen molar-refractivity contribution in [2.45, 2.75) is 20.1 Å². The first kappa shape index (κ1) is 11.8. The minimum atomic E-state index is 0.567. The van der Waals surface area contributed by atoms with Gasteiger partial charge in [0.15, 0.2) is 0 Å². The molecule has 0 bridgehead atoms. The predicted molar refractivity (Wildman–Crippen MR) is 66.0 cm³/mol. The van der Waals surface area contributed by atoms with Crippen LogP contribution in [0.25, 0.3) is 0 Å². The van der Waals surface area contributed by atoms with Crippen LogP contribution >= 0.6 is 0 Å². The summed E-state index contributed by atoms with van der Waals surface area (Å²) in [5, 5.41) is 4.27. The third kappa shape index (κ3) is 3.41. The van der Waals surface area contributed by atoms with E-state index in [1.807, 2.05) is 55.1 Å². The molecule has 0 aliphatic heterocycles. The summed E-state index contributed by atoms with van der Waals surface area (Å²) in [4.78, 5) is 5.40. The molecule has 2 rings (SSSR count). The molecule has 1 aromatic carbocycles. The molecule has 1 N–H and O–H groups in total. The second-order valence-electron chi connectivity index (χ2n) is 4.00. The van der Waals surface area contributed by atoms with Gasteiger partial charge in [-0.05, 0) is 18.6 Å². The summed E-state index contributed by atoms with van der Waals surface area (Å²) in [6.07, 6.45) is 0. The summed E-state index contributed by atoms with van der Waals surface area (Å²) in [6.45, 7) is 3.20. The maximum atomic E-state index is 5.40. The van der Waals surface area contributed by atoms with Crippen LogP contribution in [0.3, 0.4) is 0 Å². The molecule has 17 heavy (non-hydrogen) atoms. The Kier molecular flexibility index (Phi) is 3.90. The molecule has 1 aromatic heterocycles. The largest absolute Gasteiger partial charge is 0.297 e. The van der Waals surface area contributed by atoms with Crippen LogP contribution in [0.4, 0.5) is 0 Å². The number of aromatic nitrogens is 2. The van der Waals surface area contributed by atoms with E-state index in [0.717, 1.165) is 17.0 Å². The Bertz CT molecular complexity index is 465. The summed E-state index contributed by atoms with van der Waals surface area (Å²) in [5.41, 5.74) is 6.23. The van der Waals surface area contributed by atoms with Gasteiger partial charge in [-0.25, -0.2) is 0 Å². The summed E-state index contributed by atoms with van der Waals surface area (Å²) in [6, 6.07) is 12.1. The highest BCUT2D eigenvalue weighted by Gasteiger charge is 2.01. The monoisotopic (exact) mass is 231 g/mol. The number of benzene rings is 1. The van der Waals surface area contributed by atoms with Crippen molar-refractivity contribution in [2.75, 3.05) is 0 Å². The molecule has 0 radical (unpaired) electrons. The number of hydrogen-bond donors (Lipinski definition) is 1. The Labute approximate surface area is 101 Å². The van der Waals surface area contributed by atoms with Gasteiger partial charge < -0.3 is 0 Å². The van der Waals surface area contributed by atoms with Crippen molar-refractivity contribution in [1.29, 1.82) is 0 Å². The molecular weight excluding hydrogens is 214 g/mol. The van der Waals surface area contributed by atoms with Gasteiger partial charge in [0.25, 0.3) is 0 Å². The zero-order chi connectivity index (χ0) is 12.1. The number of nitrogens with zero attached hydrogens (tertiary/aromatic N) is 2. The van der Waals surface area contributed by atoms with Gasteiger partial charge in [0.1, 0.15) is 0 Å². The van der Waals surface area contributed by atoms with Crippen LogP contribution in [0.1, 0.15) is 17.0 Å². The fourth-order valence-electron chi connectivity index (χ4n) is 1.66. The number of rotatable bonds is 5. The highest BCUT2D eigenvalue weighted by atomic mass is 16.6. The van der Waals surface area contributed by atoms with E-state index < -0.39 is 0 Å². The second-order valence-corrected chi connectivity index (χ2v) is 4.00. The number of aryl methyl sites for hydroxylation is 2. The summed E-state index contributed by atoms with van der Waals surface area (Å²) in [7, 11) is 1.93. The second kappa shape index (κ2) is 5.61. The van der Waals surface area contributed by atoms with E-state index in [9.17, 15) is 0 Å². The third-order valence-electron chi connectivity index (χ3n) is 2.54. The molecule has 0 saturated carbocycles. The number of hydroxylamine groups is 1. The van der Waals surface area contributed by atoms with Crippen LogP contribution in [-0.4, -0.2) is 9.78 Å². The van der Waals surface area contributed by atoms with Crippen molar-refractivity contribution >= 4 is 0 Å². The van der Waals surface area contributed by atoms with Crippen molar-refractivity contribution in [3.63, 3.8) is 0 Å². The van der Waals surface area contributed by atoms with Crippen LogP contribution in [-0.2, 0) is 25.0 Å². The lowest BCUT2D eigenvalue weighted by atomic mass is 10.2. The quantitative estimate of drug-likeness (QED) is 0.631. The van der Waals surface area contributed by atoms with Gasteiger partial charge in [0.2, 0.25) is 0 Å². The Morgan fingerprint density at radius 3 is 2.71 bits per heavy atom. The van der Waals surface area contributed by atoms with E-state index in [2.05, 4.69) is 10.6 Å². The van der Waals surface area contributed by atoms with E-state index in [-0.39, 0.29) is 0 Å². The van der Waals surface area contributed by atoms with Crippen LogP contribution in [0, 0.1) is 6.92 Å². The average molecular weight is 231 g/mol. The first-order valence-corrected chi connectivity index (χ1v) is 5.64. The van der Waals surface area contributed by atoms with E-state index >= 15 is 0 Å². The van der Waals surface area contributed by atoms with Crippen molar-refractivity contribution in [3.05, 3.63) is 53.3 Å². The average Bonchev–Trinajstić information content (AvgIpc) is 2.65. The zero-order valence-corrected chi connectivity index (χ0v) is 10.2. The van der Waals surface area contributed by atoms with Crippen molar-refractivity contribution in [2.24, 2.45) is 7.05 Å². The predicted octanol–water partition coefficient (Wildman–Crippen LogP) is 1.95. The molecule has 0 aliphatic rings. The van der Waals surface area contributed by atoms with Gasteiger partial charge in [0, 0.05) is 7.05 Å². The molecule has 0 aliphatic carbocycles. The van der Waals surface area contributed by atoms with Crippen molar-refractivity contribution < 1.29 is 4.84 Å². The van der Waals surface area contributed by atoms with E-state index in [1.165, 1.54) is 0 Å². The lowest BCUT2D eigenvalue weighted by molar-refractivity contribution is 0.0223. The van der Waals surface area contributed by atoms with Gasteiger partial charge in [-0.2, -0.15) is 10.6 Å². The zero-order valence-electron chi connectivity index (χ0n) is 10.2. The fraction of sp³-hybridized carbons (Fsp3) is 0.308. The van der Waals surface area contributed by atoms with Crippen molar-refractivity contribution in [3.8, 4) is 0 Å². The first-order chi connectivity index (χ1) is 8.25. The van der Waals surface area contributed by atoms with Crippen LogP contribution < -0.4 is 5.48 Å².